The zero-order chi connectivity index (χ0) is 24.0. The standard InChI is InChI=1S/C25H22N6O4/c1-25(14-34-19-7-2-3-8-20(19)35-25)13-27-24-26-10-17-21-18(11-28-30-21)23(33)31(22(17)29-24)16-6-4-5-15(9-16)12-32/h2-11,32H,12-14H2,1H3,(H,28,30)(H,26,27,29). The normalized spacial score (nSPS) is 17.1. The Labute approximate surface area is 199 Å². The number of aliphatic hydroxyl groups excluding tert-OH is 1. The van der Waals surface area contributed by atoms with E-state index in [1.54, 1.807) is 30.5 Å². The van der Waals surface area contributed by atoms with Crippen LogP contribution in [-0.4, -0.2) is 48.6 Å². The monoisotopic (exact) mass is 470 g/mol. The lowest BCUT2D eigenvalue weighted by molar-refractivity contribution is 0.0165. The van der Waals surface area contributed by atoms with Crippen molar-refractivity contribution in [2.45, 2.75) is 19.1 Å². The van der Waals surface area contributed by atoms with E-state index >= 15 is 0 Å². The Morgan fingerprint density at radius 2 is 2.00 bits per heavy atom. The third-order valence-corrected chi connectivity index (χ3v) is 6.03. The van der Waals surface area contributed by atoms with Crippen LogP contribution in [0, 0.1) is 0 Å². The molecular formula is C25H22N6O4. The first-order valence-electron chi connectivity index (χ1n) is 11.1. The number of ether oxygens (including phenoxy) is 2. The van der Waals surface area contributed by atoms with Crippen LogP contribution in [0.25, 0.3) is 27.6 Å². The summed E-state index contributed by atoms with van der Waals surface area (Å²) in [5.41, 5.74) is 1.34. The molecule has 0 aliphatic carbocycles. The number of nitrogens with one attached hydrogen (secondary N) is 2. The molecule has 1 atom stereocenters. The van der Waals surface area contributed by atoms with Crippen LogP contribution in [0.3, 0.4) is 0 Å². The van der Waals surface area contributed by atoms with Crippen LogP contribution in [0.5, 0.6) is 11.5 Å². The Kier molecular flexibility index (Phi) is 4.89. The van der Waals surface area contributed by atoms with Crippen molar-refractivity contribution >= 4 is 27.9 Å². The van der Waals surface area contributed by atoms with Crippen molar-refractivity contribution in [3.8, 4) is 17.2 Å². The summed E-state index contributed by atoms with van der Waals surface area (Å²) in [5.74, 6) is 1.73. The first-order valence-corrected chi connectivity index (χ1v) is 11.1. The van der Waals surface area contributed by atoms with Gasteiger partial charge in [0.15, 0.2) is 22.7 Å². The number of H-pyrrole nitrogens is 1. The highest BCUT2D eigenvalue weighted by Crippen LogP contribution is 2.34. The lowest BCUT2D eigenvalue weighted by atomic mass is 10.1. The molecule has 1 aliphatic rings. The number of pyridine rings is 1. The fourth-order valence-electron chi connectivity index (χ4n) is 4.24. The molecule has 0 saturated heterocycles. The molecule has 176 valence electrons. The van der Waals surface area contributed by atoms with Gasteiger partial charge in [-0.05, 0) is 36.8 Å². The first kappa shape index (κ1) is 21.1. The number of aliphatic hydroxyl groups is 1. The average Bonchev–Trinajstić information content (AvgIpc) is 3.38. The van der Waals surface area contributed by atoms with E-state index in [2.05, 4.69) is 20.5 Å². The number of nitrogens with zero attached hydrogens (tertiary/aromatic N) is 4. The number of hydrogen-bond donors (Lipinski definition) is 3. The molecule has 2 aromatic carbocycles. The van der Waals surface area contributed by atoms with Crippen LogP contribution in [-0.2, 0) is 6.61 Å². The second-order valence-electron chi connectivity index (χ2n) is 8.70. The van der Waals surface area contributed by atoms with Crippen molar-refractivity contribution in [1.82, 2.24) is 24.7 Å². The quantitative estimate of drug-likeness (QED) is 0.358. The summed E-state index contributed by atoms with van der Waals surface area (Å²) in [7, 11) is 0. The highest BCUT2D eigenvalue weighted by Gasteiger charge is 2.33. The van der Waals surface area contributed by atoms with Crippen LogP contribution in [0.4, 0.5) is 5.95 Å². The third kappa shape index (κ3) is 3.64. The summed E-state index contributed by atoms with van der Waals surface area (Å²) in [5, 5.41) is 20.8. The number of benzene rings is 2. The van der Waals surface area contributed by atoms with Crippen LogP contribution in [0.15, 0.2) is 65.7 Å². The maximum absolute atomic E-state index is 13.4. The topological polar surface area (TPSA) is 127 Å². The molecule has 0 amide bonds. The predicted molar refractivity (Wildman–Crippen MR) is 130 cm³/mol. The maximum Gasteiger partial charge on any atom is 0.267 e. The Morgan fingerprint density at radius 3 is 2.86 bits per heavy atom. The lowest BCUT2D eigenvalue weighted by Gasteiger charge is -2.35. The van der Waals surface area contributed by atoms with Gasteiger partial charge in [-0.15, -0.1) is 0 Å². The zero-order valence-corrected chi connectivity index (χ0v) is 18.9. The fraction of sp³-hybridized carbons (Fsp3) is 0.200. The molecule has 4 heterocycles. The second-order valence-corrected chi connectivity index (χ2v) is 8.70. The van der Waals surface area contributed by atoms with E-state index in [4.69, 9.17) is 14.5 Å². The number of anilines is 1. The minimum absolute atomic E-state index is 0.139. The van der Waals surface area contributed by atoms with Crippen LogP contribution < -0.4 is 20.3 Å². The molecule has 1 aliphatic heterocycles. The molecule has 0 saturated carbocycles. The SMILES string of the molecule is CC1(CNc2ncc3c4[nH]ncc4c(=O)n(-c4cccc(CO)c4)c3n2)COc2ccccc2O1. The molecular weight excluding hydrogens is 448 g/mol. The molecule has 1 unspecified atom stereocenters. The minimum atomic E-state index is -0.644. The van der Waals surface area contributed by atoms with E-state index in [1.165, 1.54) is 10.8 Å². The Morgan fingerprint density at radius 1 is 1.14 bits per heavy atom. The maximum atomic E-state index is 13.4. The van der Waals surface area contributed by atoms with E-state index in [1.807, 2.05) is 31.2 Å². The van der Waals surface area contributed by atoms with Gasteiger partial charge in [-0.2, -0.15) is 10.1 Å². The van der Waals surface area contributed by atoms with Crippen molar-refractivity contribution in [3.63, 3.8) is 0 Å². The molecule has 5 aromatic rings. The average molecular weight is 470 g/mol. The van der Waals surface area contributed by atoms with E-state index < -0.39 is 5.60 Å². The molecule has 0 fully saturated rings. The molecule has 10 nitrogen and oxygen atoms in total. The van der Waals surface area contributed by atoms with Crippen LogP contribution >= 0.6 is 0 Å². The molecule has 0 bridgehead atoms. The molecule has 35 heavy (non-hydrogen) atoms. The van der Waals surface area contributed by atoms with Gasteiger partial charge in [-0.25, -0.2) is 4.98 Å². The summed E-state index contributed by atoms with van der Waals surface area (Å²) in [6, 6.07) is 14.7. The number of hydrogen-bond acceptors (Lipinski definition) is 8. The molecule has 6 rings (SSSR count). The second kappa shape index (κ2) is 8.10. The van der Waals surface area contributed by atoms with Gasteiger partial charge in [-0.1, -0.05) is 24.3 Å². The van der Waals surface area contributed by atoms with Crippen molar-refractivity contribution in [2.75, 3.05) is 18.5 Å². The van der Waals surface area contributed by atoms with E-state index in [-0.39, 0.29) is 12.2 Å². The minimum Gasteiger partial charge on any atom is -0.485 e. The summed E-state index contributed by atoms with van der Waals surface area (Å²) in [6.45, 7) is 2.54. The number of para-hydroxylation sites is 2. The van der Waals surface area contributed by atoms with Gasteiger partial charge in [0.25, 0.3) is 5.56 Å². The van der Waals surface area contributed by atoms with E-state index in [9.17, 15) is 9.90 Å². The summed E-state index contributed by atoms with van der Waals surface area (Å²) >= 11 is 0. The van der Waals surface area contributed by atoms with Gasteiger partial charge < -0.3 is 19.9 Å². The Bertz CT molecular complexity index is 1630. The van der Waals surface area contributed by atoms with Crippen molar-refractivity contribution < 1.29 is 14.6 Å². The number of rotatable bonds is 5. The van der Waals surface area contributed by atoms with Gasteiger partial charge in [-0.3, -0.25) is 14.5 Å². The van der Waals surface area contributed by atoms with Gasteiger partial charge in [0, 0.05) is 6.20 Å². The highest BCUT2D eigenvalue weighted by molar-refractivity contribution is 6.02. The van der Waals surface area contributed by atoms with Gasteiger partial charge >= 0.3 is 0 Å². The molecule has 3 N–H and O–H groups in total. The van der Waals surface area contributed by atoms with E-state index in [0.29, 0.717) is 63.8 Å². The summed E-state index contributed by atoms with van der Waals surface area (Å²) < 4.78 is 13.6. The first-order chi connectivity index (χ1) is 17.0. The Balaban J connectivity index is 1.40. The lowest BCUT2D eigenvalue weighted by Crippen LogP contribution is -2.47. The van der Waals surface area contributed by atoms with E-state index in [0.717, 1.165) is 0 Å². The molecule has 3 aromatic heterocycles. The van der Waals surface area contributed by atoms with Crippen molar-refractivity contribution in [1.29, 1.82) is 0 Å². The van der Waals surface area contributed by atoms with Crippen molar-refractivity contribution in [2.24, 2.45) is 0 Å². The number of aromatic amines is 1. The molecule has 10 heteroatoms. The van der Waals surface area contributed by atoms with Gasteiger partial charge in [0.2, 0.25) is 5.95 Å². The largest absolute Gasteiger partial charge is 0.485 e. The van der Waals surface area contributed by atoms with Crippen molar-refractivity contribution in [3.05, 3.63) is 76.8 Å². The molecule has 0 radical (unpaired) electrons. The third-order valence-electron chi connectivity index (χ3n) is 6.03. The fourth-order valence-corrected chi connectivity index (χ4v) is 4.24. The van der Waals surface area contributed by atoms with Crippen LogP contribution in [0.1, 0.15) is 12.5 Å². The summed E-state index contributed by atoms with van der Waals surface area (Å²) in [6.07, 6.45) is 3.15. The van der Waals surface area contributed by atoms with Gasteiger partial charge in [0.05, 0.1) is 41.3 Å². The number of fused-ring (bicyclic) bond motifs is 4. The summed E-state index contributed by atoms with van der Waals surface area (Å²) in [4.78, 5) is 22.6. The molecule has 0 spiro atoms. The predicted octanol–water partition coefficient (Wildman–Crippen LogP) is 2.79. The smallest absolute Gasteiger partial charge is 0.267 e. The highest BCUT2D eigenvalue weighted by atomic mass is 16.6. The van der Waals surface area contributed by atoms with Gasteiger partial charge in [0.1, 0.15) is 6.61 Å². The Hall–Kier alpha value is -4.44. The van der Waals surface area contributed by atoms with Crippen LogP contribution in [0.2, 0.25) is 0 Å². The number of aromatic nitrogens is 5. The zero-order valence-electron chi connectivity index (χ0n) is 18.9.